The standard InChI is InChI=1S/2C12H12.C8H10.2C2H6/c2*1-2-10-7-5-8-11-6-3-4-9-12(10)11;1-2-8-6-4-3-5-7-8;2*1-2/h2*3-9H,2H2,1H3;3-7H,2H2,1H3;2*1-2H3. The minimum absolute atomic E-state index is 1.11. The van der Waals surface area contributed by atoms with Gasteiger partial charge >= 0.3 is 0 Å². The molecule has 36 heavy (non-hydrogen) atoms. The summed E-state index contributed by atoms with van der Waals surface area (Å²) in [5, 5.41) is 5.47. The van der Waals surface area contributed by atoms with Crippen molar-refractivity contribution in [1.82, 2.24) is 0 Å². The van der Waals surface area contributed by atoms with Crippen molar-refractivity contribution < 1.29 is 0 Å². The Bertz CT molecular complexity index is 1130. The van der Waals surface area contributed by atoms with Crippen LogP contribution in [0.4, 0.5) is 0 Å². The van der Waals surface area contributed by atoms with E-state index in [1.54, 1.807) is 0 Å². The number of benzene rings is 5. The van der Waals surface area contributed by atoms with Gasteiger partial charge in [-0.2, -0.15) is 0 Å². The summed E-state index contributed by atoms with van der Waals surface area (Å²) in [6, 6.07) is 40.5. The molecule has 0 aliphatic carbocycles. The zero-order valence-corrected chi connectivity index (χ0v) is 23.6. The summed E-state index contributed by atoms with van der Waals surface area (Å²) in [6.45, 7) is 14.6. The lowest BCUT2D eigenvalue weighted by atomic mass is 10.0. The highest BCUT2D eigenvalue weighted by atomic mass is 14.0. The van der Waals surface area contributed by atoms with Gasteiger partial charge < -0.3 is 0 Å². The predicted octanol–water partition coefficient (Wildman–Crippen LogP) is 11.1. The smallest absolute Gasteiger partial charge is 0.0152 e. The minimum Gasteiger partial charge on any atom is -0.0683 e. The summed E-state index contributed by atoms with van der Waals surface area (Å²) in [6.07, 6.45) is 3.36. The summed E-state index contributed by atoms with van der Waals surface area (Å²) in [5.41, 5.74) is 4.29. The van der Waals surface area contributed by atoms with E-state index in [1.807, 2.05) is 33.8 Å². The van der Waals surface area contributed by atoms with Gasteiger partial charge in [-0.05, 0) is 57.5 Å². The second kappa shape index (κ2) is 18.9. The van der Waals surface area contributed by atoms with Crippen molar-refractivity contribution in [1.29, 1.82) is 0 Å². The highest BCUT2D eigenvalue weighted by Gasteiger charge is 1.96. The molecule has 0 aromatic heterocycles. The number of rotatable bonds is 3. The Morgan fingerprint density at radius 3 is 1.08 bits per heavy atom. The first-order chi connectivity index (χ1) is 17.8. The highest BCUT2D eigenvalue weighted by Crippen LogP contribution is 2.19. The number of hydrogen-bond donors (Lipinski definition) is 0. The van der Waals surface area contributed by atoms with Crippen LogP contribution >= 0.6 is 0 Å². The van der Waals surface area contributed by atoms with Gasteiger partial charge in [0.25, 0.3) is 0 Å². The third kappa shape index (κ3) is 9.70. The van der Waals surface area contributed by atoms with Crippen molar-refractivity contribution in [2.75, 3.05) is 0 Å². The van der Waals surface area contributed by atoms with E-state index in [0.29, 0.717) is 0 Å². The van der Waals surface area contributed by atoms with Crippen LogP contribution in [0.2, 0.25) is 0 Å². The second-order valence-electron chi connectivity index (χ2n) is 7.82. The second-order valence-corrected chi connectivity index (χ2v) is 7.82. The van der Waals surface area contributed by atoms with E-state index in [0.717, 1.165) is 19.3 Å². The number of hydrogen-bond acceptors (Lipinski definition) is 0. The van der Waals surface area contributed by atoms with Gasteiger partial charge in [0.15, 0.2) is 0 Å². The molecule has 0 bridgehead atoms. The lowest BCUT2D eigenvalue weighted by Crippen LogP contribution is -1.81. The normalized spacial score (nSPS) is 9.31. The molecule has 0 unspecified atom stereocenters. The molecule has 190 valence electrons. The fourth-order valence-corrected chi connectivity index (χ4v) is 3.92. The molecule has 0 saturated carbocycles. The van der Waals surface area contributed by atoms with Crippen molar-refractivity contribution in [2.24, 2.45) is 0 Å². The molecule has 0 N–H and O–H groups in total. The van der Waals surface area contributed by atoms with E-state index in [1.165, 1.54) is 38.2 Å². The number of aryl methyl sites for hydroxylation is 3. The molecule has 0 saturated heterocycles. The minimum atomic E-state index is 1.11. The third-order valence-electron chi connectivity index (χ3n) is 5.77. The molecule has 0 heteroatoms. The van der Waals surface area contributed by atoms with E-state index in [4.69, 9.17) is 0 Å². The monoisotopic (exact) mass is 478 g/mol. The first-order valence-corrected chi connectivity index (χ1v) is 13.7. The Morgan fingerprint density at radius 2 is 0.722 bits per heavy atom. The largest absolute Gasteiger partial charge is 0.0683 e. The molecule has 0 heterocycles. The van der Waals surface area contributed by atoms with Crippen molar-refractivity contribution >= 4 is 21.5 Å². The Balaban J connectivity index is 0.000000257. The van der Waals surface area contributed by atoms with E-state index < -0.39 is 0 Å². The molecule has 0 aliphatic rings. The topological polar surface area (TPSA) is 0 Å². The fourth-order valence-electron chi connectivity index (χ4n) is 3.92. The van der Waals surface area contributed by atoms with E-state index in [2.05, 4.69) is 130 Å². The maximum absolute atomic E-state index is 2.20. The van der Waals surface area contributed by atoms with Gasteiger partial charge in [-0.3, -0.25) is 0 Å². The van der Waals surface area contributed by atoms with Crippen LogP contribution in [-0.2, 0) is 19.3 Å². The summed E-state index contributed by atoms with van der Waals surface area (Å²) in [5.74, 6) is 0. The van der Waals surface area contributed by atoms with Crippen LogP contribution in [0.25, 0.3) is 21.5 Å². The van der Waals surface area contributed by atoms with Gasteiger partial charge in [-0.25, -0.2) is 0 Å². The van der Waals surface area contributed by atoms with E-state index >= 15 is 0 Å². The summed E-state index contributed by atoms with van der Waals surface area (Å²) < 4.78 is 0. The van der Waals surface area contributed by atoms with Crippen LogP contribution in [0, 0.1) is 0 Å². The number of fused-ring (bicyclic) bond motifs is 2. The van der Waals surface area contributed by atoms with Crippen molar-refractivity contribution in [3.05, 3.63) is 132 Å². The van der Waals surface area contributed by atoms with Crippen LogP contribution in [0.3, 0.4) is 0 Å². The molecule has 0 atom stereocenters. The maximum Gasteiger partial charge on any atom is -0.0152 e. The highest BCUT2D eigenvalue weighted by molar-refractivity contribution is 5.86. The third-order valence-corrected chi connectivity index (χ3v) is 5.77. The van der Waals surface area contributed by atoms with Crippen LogP contribution in [-0.4, -0.2) is 0 Å². The molecule has 0 radical (unpaired) electrons. The molecule has 5 aromatic rings. The Morgan fingerprint density at radius 1 is 0.361 bits per heavy atom. The Kier molecular flexibility index (Phi) is 16.1. The van der Waals surface area contributed by atoms with Gasteiger partial charge in [-0.1, -0.05) is 164 Å². The molecular weight excluding hydrogens is 432 g/mol. The van der Waals surface area contributed by atoms with E-state index in [-0.39, 0.29) is 0 Å². The maximum atomic E-state index is 2.20. The molecule has 0 amide bonds. The Hall–Kier alpha value is -3.38. The lowest BCUT2D eigenvalue weighted by Gasteiger charge is -2.02. The molecule has 0 nitrogen and oxygen atoms in total. The average molecular weight is 479 g/mol. The van der Waals surface area contributed by atoms with Gasteiger partial charge in [0, 0.05) is 0 Å². The molecule has 0 fully saturated rings. The lowest BCUT2D eigenvalue weighted by molar-refractivity contribution is 1.14. The van der Waals surface area contributed by atoms with Crippen LogP contribution in [0.1, 0.15) is 65.2 Å². The van der Waals surface area contributed by atoms with Gasteiger partial charge in [0.2, 0.25) is 0 Å². The molecule has 5 rings (SSSR count). The van der Waals surface area contributed by atoms with Crippen LogP contribution in [0.15, 0.2) is 115 Å². The van der Waals surface area contributed by atoms with Gasteiger partial charge in [0.1, 0.15) is 0 Å². The molecule has 0 spiro atoms. The average Bonchev–Trinajstić information content (AvgIpc) is 2.99. The van der Waals surface area contributed by atoms with Crippen molar-refractivity contribution in [2.45, 2.75) is 67.7 Å². The molecular formula is C36H46. The molecule has 5 aromatic carbocycles. The van der Waals surface area contributed by atoms with Crippen molar-refractivity contribution in [3.8, 4) is 0 Å². The van der Waals surface area contributed by atoms with Gasteiger partial charge in [0.05, 0.1) is 0 Å². The van der Waals surface area contributed by atoms with E-state index in [9.17, 15) is 0 Å². The molecule has 0 aliphatic heterocycles. The zero-order valence-electron chi connectivity index (χ0n) is 23.6. The van der Waals surface area contributed by atoms with Crippen LogP contribution < -0.4 is 0 Å². The predicted molar refractivity (Wildman–Crippen MR) is 165 cm³/mol. The SMILES string of the molecule is CC.CC.CCc1cccc2ccccc12.CCc1cccc2ccccc12.CCc1ccccc1. The first-order valence-electron chi connectivity index (χ1n) is 13.7. The summed E-state index contributed by atoms with van der Waals surface area (Å²) in [4.78, 5) is 0. The first kappa shape index (κ1) is 30.7. The van der Waals surface area contributed by atoms with Crippen molar-refractivity contribution in [3.63, 3.8) is 0 Å². The Labute approximate surface area is 221 Å². The fraction of sp³-hybridized carbons (Fsp3) is 0.278. The van der Waals surface area contributed by atoms with Gasteiger partial charge in [-0.15, -0.1) is 0 Å². The van der Waals surface area contributed by atoms with Crippen LogP contribution in [0.5, 0.6) is 0 Å². The zero-order chi connectivity index (χ0) is 26.6. The summed E-state index contributed by atoms with van der Waals surface area (Å²) >= 11 is 0. The quantitative estimate of drug-likeness (QED) is 0.242. The summed E-state index contributed by atoms with van der Waals surface area (Å²) in [7, 11) is 0.